The molecular weight excluding hydrogens is 226 g/mol. The minimum atomic E-state index is -0.667. The number of fused-ring (bicyclic) bond motifs is 1. The smallest absolute Gasteiger partial charge is 0.309 e. The Hall–Kier alpha value is -0.570. The number of aliphatic carboxylic acids is 1. The number of carboxylic acids is 1. The van der Waals surface area contributed by atoms with Gasteiger partial charge in [0.1, 0.15) is 0 Å². The van der Waals surface area contributed by atoms with Gasteiger partial charge in [0.2, 0.25) is 0 Å². The van der Waals surface area contributed by atoms with Gasteiger partial charge in [0.05, 0.1) is 5.41 Å². The molecule has 2 fully saturated rings. The molecule has 0 aromatic rings. The first-order valence-corrected chi connectivity index (χ1v) is 7.48. The monoisotopic (exact) mass is 253 g/mol. The fraction of sp³-hybridized carbons (Fsp3) is 0.933. The lowest BCUT2D eigenvalue weighted by molar-refractivity contribution is -0.147. The fourth-order valence-electron chi connectivity index (χ4n) is 3.61. The predicted molar refractivity (Wildman–Crippen MR) is 72.6 cm³/mol. The van der Waals surface area contributed by atoms with Crippen LogP contribution in [0.2, 0.25) is 0 Å². The van der Waals surface area contributed by atoms with Crippen molar-refractivity contribution in [3.05, 3.63) is 0 Å². The van der Waals surface area contributed by atoms with Gasteiger partial charge in [-0.2, -0.15) is 0 Å². The van der Waals surface area contributed by atoms with Crippen molar-refractivity contribution >= 4 is 5.97 Å². The van der Waals surface area contributed by atoms with Crippen molar-refractivity contribution in [1.29, 1.82) is 0 Å². The van der Waals surface area contributed by atoms with Crippen molar-refractivity contribution in [1.82, 2.24) is 4.90 Å². The summed E-state index contributed by atoms with van der Waals surface area (Å²) in [5.74, 6) is 0.269. The van der Waals surface area contributed by atoms with Crippen LogP contribution in [0.25, 0.3) is 0 Å². The summed E-state index contributed by atoms with van der Waals surface area (Å²) in [4.78, 5) is 13.7. The SMILES string of the molecule is CC(C)(CCCN1CCC2CCCCC21)C(=O)O. The summed E-state index contributed by atoms with van der Waals surface area (Å²) in [6.45, 7) is 6.01. The minimum Gasteiger partial charge on any atom is -0.481 e. The standard InChI is InChI=1S/C15H27NO2/c1-15(2,14(17)18)9-5-10-16-11-8-12-6-3-4-7-13(12)16/h12-13H,3-11H2,1-2H3,(H,17,18). The van der Waals surface area contributed by atoms with E-state index in [9.17, 15) is 4.79 Å². The van der Waals surface area contributed by atoms with E-state index in [2.05, 4.69) is 4.90 Å². The van der Waals surface area contributed by atoms with Crippen LogP contribution >= 0.6 is 0 Å². The molecule has 2 rings (SSSR count). The molecule has 0 amide bonds. The van der Waals surface area contributed by atoms with Gasteiger partial charge in [-0.15, -0.1) is 0 Å². The summed E-state index contributed by atoms with van der Waals surface area (Å²) in [6, 6.07) is 0.812. The van der Waals surface area contributed by atoms with E-state index in [1.165, 1.54) is 38.6 Å². The van der Waals surface area contributed by atoms with Crippen LogP contribution in [0.15, 0.2) is 0 Å². The molecule has 0 aromatic carbocycles. The second kappa shape index (κ2) is 5.60. The van der Waals surface area contributed by atoms with Crippen LogP contribution in [0.1, 0.15) is 58.8 Å². The van der Waals surface area contributed by atoms with E-state index in [-0.39, 0.29) is 0 Å². The molecule has 1 saturated heterocycles. The third-order valence-electron chi connectivity index (χ3n) is 4.95. The lowest BCUT2D eigenvalue weighted by Gasteiger charge is -2.32. The second-order valence-electron chi connectivity index (χ2n) is 6.73. The van der Waals surface area contributed by atoms with Crippen LogP contribution in [0.5, 0.6) is 0 Å². The Kier molecular flexibility index (Phi) is 4.31. The highest BCUT2D eigenvalue weighted by atomic mass is 16.4. The van der Waals surface area contributed by atoms with Gasteiger partial charge in [0.15, 0.2) is 0 Å². The van der Waals surface area contributed by atoms with E-state index in [1.807, 2.05) is 13.8 Å². The Morgan fingerprint density at radius 1 is 1.28 bits per heavy atom. The lowest BCUT2D eigenvalue weighted by Crippen LogP contribution is -2.36. The van der Waals surface area contributed by atoms with Gasteiger partial charge in [0, 0.05) is 6.04 Å². The zero-order chi connectivity index (χ0) is 13.2. The molecule has 0 radical (unpaired) electrons. The highest BCUT2D eigenvalue weighted by Gasteiger charge is 2.35. The molecule has 1 saturated carbocycles. The average molecular weight is 253 g/mol. The summed E-state index contributed by atoms with van der Waals surface area (Å²) in [5, 5.41) is 9.11. The van der Waals surface area contributed by atoms with Crippen LogP contribution in [-0.4, -0.2) is 35.1 Å². The Morgan fingerprint density at radius 3 is 2.72 bits per heavy atom. The van der Waals surface area contributed by atoms with E-state index < -0.39 is 11.4 Å². The minimum absolute atomic E-state index is 0.564. The molecule has 2 aliphatic rings. The highest BCUT2D eigenvalue weighted by molar-refractivity contribution is 5.73. The van der Waals surface area contributed by atoms with Crippen LogP contribution in [0.3, 0.4) is 0 Å². The zero-order valence-corrected chi connectivity index (χ0v) is 11.8. The molecule has 0 bridgehead atoms. The van der Waals surface area contributed by atoms with E-state index in [4.69, 9.17) is 5.11 Å². The molecule has 0 aromatic heterocycles. The van der Waals surface area contributed by atoms with E-state index in [1.54, 1.807) is 0 Å². The van der Waals surface area contributed by atoms with Crippen molar-refractivity contribution in [3.8, 4) is 0 Å². The molecule has 2 unspecified atom stereocenters. The predicted octanol–water partition coefficient (Wildman–Crippen LogP) is 3.14. The summed E-state index contributed by atoms with van der Waals surface area (Å²) < 4.78 is 0. The van der Waals surface area contributed by atoms with Crippen LogP contribution < -0.4 is 0 Å². The summed E-state index contributed by atoms with van der Waals surface area (Å²) in [6.07, 6.45) is 8.76. The lowest BCUT2D eigenvalue weighted by atomic mass is 9.85. The van der Waals surface area contributed by atoms with Crippen molar-refractivity contribution in [2.45, 2.75) is 64.8 Å². The number of carboxylic acid groups (broad SMARTS) is 1. The van der Waals surface area contributed by atoms with E-state index >= 15 is 0 Å². The first-order valence-electron chi connectivity index (χ1n) is 7.48. The average Bonchev–Trinajstić information content (AvgIpc) is 2.72. The topological polar surface area (TPSA) is 40.5 Å². The van der Waals surface area contributed by atoms with Gasteiger partial charge in [-0.3, -0.25) is 4.79 Å². The maximum absolute atomic E-state index is 11.1. The summed E-state index contributed by atoms with van der Waals surface area (Å²) >= 11 is 0. The largest absolute Gasteiger partial charge is 0.481 e. The van der Waals surface area contributed by atoms with Crippen LogP contribution in [0, 0.1) is 11.3 Å². The van der Waals surface area contributed by atoms with Gasteiger partial charge in [-0.1, -0.05) is 12.8 Å². The maximum atomic E-state index is 11.1. The number of likely N-dealkylation sites (tertiary alicyclic amines) is 1. The number of rotatable bonds is 5. The quantitative estimate of drug-likeness (QED) is 0.818. The van der Waals surface area contributed by atoms with Gasteiger partial charge in [-0.25, -0.2) is 0 Å². The van der Waals surface area contributed by atoms with Gasteiger partial charge in [0.25, 0.3) is 0 Å². The Balaban J connectivity index is 1.76. The summed E-state index contributed by atoms with van der Waals surface area (Å²) in [5.41, 5.74) is -0.564. The Morgan fingerprint density at radius 2 is 2.00 bits per heavy atom. The Bertz CT molecular complexity index is 301. The van der Waals surface area contributed by atoms with Crippen molar-refractivity contribution in [3.63, 3.8) is 0 Å². The number of hydrogen-bond acceptors (Lipinski definition) is 2. The van der Waals surface area contributed by atoms with Crippen molar-refractivity contribution in [2.24, 2.45) is 11.3 Å². The highest BCUT2D eigenvalue weighted by Crippen LogP contribution is 2.36. The van der Waals surface area contributed by atoms with Crippen molar-refractivity contribution < 1.29 is 9.90 Å². The number of carbonyl (C=O) groups is 1. The van der Waals surface area contributed by atoms with Crippen molar-refractivity contribution in [2.75, 3.05) is 13.1 Å². The molecule has 3 heteroatoms. The molecule has 3 nitrogen and oxygen atoms in total. The van der Waals surface area contributed by atoms with Crippen LogP contribution in [0.4, 0.5) is 0 Å². The molecular formula is C15H27NO2. The molecule has 104 valence electrons. The van der Waals surface area contributed by atoms with Gasteiger partial charge < -0.3 is 10.0 Å². The first-order chi connectivity index (χ1) is 8.50. The number of hydrogen-bond donors (Lipinski definition) is 1. The molecule has 1 aliphatic heterocycles. The first kappa shape index (κ1) is 13.9. The molecule has 1 heterocycles. The molecule has 18 heavy (non-hydrogen) atoms. The second-order valence-corrected chi connectivity index (χ2v) is 6.73. The molecule has 1 N–H and O–H groups in total. The number of nitrogens with zero attached hydrogens (tertiary/aromatic N) is 1. The van der Waals surface area contributed by atoms with Gasteiger partial charge in [-0.05, 0) is 65.0 Å². The zero-order valence-electron chi connectivity index (χ0n) is 11.8. The Labute approximate surface area is 111 Å². The molecule has 0 spiro atoms. The summed E-state index contributed by atoms with van der Waals surface area (Å²) in [7, 11) is 0. The van der Waals surface area contributed by atoms with E-state index in [0.29, 0.717) is 0 Å². The van der Waals surface area contributed by atoms with Crippen LogP contribution in [-0.2, 0) is 4.79 Å². The third kappa shape index (κ3) is 3.05. The molecule has 2 atom stereocenters. The molecule has 1 aliphatic carbocycles. The third-order valence-corrected chi connectivity index (χ3v) is 4.95. The fourth-order valence-corrected chi connectivity index (χ4v) is 3.61. The normalized spacial score (nSPS) is 29.2. The maximum Gasteiger partial charge on any atom is 0.309 e. The van der Waals surface area contributed by atoms with E-state index in [0.717, 1.165) is 31.3 Å². The van der Waals surface area contributed by atoms with Gasteiger partial charge >= 0.3 is 5.97 Å².